The number of aliphatic hydroxyl groups excluding tert-OH is 1. The second-order valence-electron chi connectivity index (χ2n) is 5.60. The Balaban J connectivity index is 1.68. The zero-order valence-electron chi connectivity index (χ0n) is 12.0. The molecule has 1 aliphatic carbocycles. The third-order valence-corrected chi connectivity index (χ3v) is 4.22. The molecule has 0 aromatic carbocycles. The van der Waals surface area contributed by atoms with Gasteiger partial charge >= 0.3 is 0 Å². The largest absolute Gasteiger partial charge is 0.469 e. The smallest absolute Gasteiger partial charge is 0.109 e. The lowest BCUT2D eigenvalue weighted by Crippen LogP contribution is -2.08. The predicted octanol–water partition coefficient (Wildman–Crippen LogP) is 3.43. The Morgan fingerprint density at radius 1 is 1.40 bits per heavy atom. The summed E-state index contributed by atoms with van der Waals surface area (Å²) in [5, 5.41) is 15.0. The van der Waals surface area contributed by atoms with Crippen LogP contribution < -0.4 is 0 Å². The maximum atomic E-state index is 10.3. The van der Waals surface area contributed by atoms with Crippen LogP contribution in [0.2, 0.25) is 0 Å². The first kappa shape index (κ1) is 13.4. The van der Waals surface area contributed by atoms with Gasteiger partial charge in [-0.2, -0.15) is 5.10 Å². The Morgan fingerprint density at radius 2 is 2.20 bits per heavy atom. The van der Waals surface area contributed by atoms with Gasteiger partial charge in [0.05, 0.1) is 24.1 Å². The van der Waals surface area contributed by atoms with Crippen molar-refractivity contribution in [3.05, 3.63) is 41.6 Å². The van der Waals surface area contributed by atoms with Crippen LogP contribution in [0.5, 0.6) is 0 Å². The van der Waals surface area contributed by atoms with Gasteiger partial charge in [0.15, 0.2) is 0 Å². The number of nitrogens with zero attached hydrogens (tertiary/aromatic N) is 2. The van der Waals surface area contributed by atoms with E-state index in [1.165, 1.54) is 25.7 Å². The normalized spacial score (nSPS) is 17.7. The van der Waals surface area contributed by atoms with Gasteiger partial charge in [0.25, 0.3) is 0 Å². The number of hydrogen-bond donors (Lipinski definition) is 1. The van der Waals surface area contributed by atoms with E-state index < -0.39 is 6.10 Å². The van der Waals surface area contributed by atoms with Crippen molar-refractivity contribution >= 4 is 0 Å². The first-order valence-corrected chi connectivity index (χ1v) is 7.56. The first-order valence-electron chi connectivity index (χ1n) is 7.56. The molecule has 1 unspecified atom stereocenters. The lowest BCUT2D eigenvalue weighted by molar-refractivity contribution is 0.174. The molecule has 20 heavy (non-hydrogen) atoms. The number of aryl methyl sites for hydroxylation is 1. The van der Waals surface area contributed by atoms with Crippen molar-refractivity contribution in [2.75, 3.05) is 0 Å². The summed E-state index contributed by atoms with van der Waals surface area (Å²) in [5.74, 6) is 0.868. The number of hydrogen-bond acceptors (Lipinski definition) is 3. The summed E-state index contributed by atoms with van der Waals surface area (Å²) in [6.45, 7) is 2.03. The Morgan fingerprint density at radius 3 is 2.95 bits per heavy atom. The molecule has 1 atom stereocenters. The highest BCUT2D eigenvalue weighted by atomic mass is 16.3. The highest BCUT2D eigenvalue weighted by molar-refractivity contribution is 5.21. The molecule has 1 fully saturated rings. The van der Waals surface area contributed by atoms with Crippen LogP contribution >= 0.6 is 0 Å². The molecule has 0 amide bonds. The monoisotopic (exact) mass is 274 g/mol. The summed E-state index contributed by atoms with van der Waals surface area (Å²) in [5.41, 5.74) is 1.84. The summed E-state index contributed by atoms with van der Waals surface area (Å²) in [7, 11) is 0. The van der Waals surface area contributed by atoms with E-state index in [2.05, 4.69) is 9.78 Å². The molecule has 3 rings (SSSR count). The molecule has 1 N–H and O–H groups in total. The van der Waals surface area contributed by atoms with Crippen LogP contribution in [0.3, 0.4) is 0 Å². The summed E-state index contributed by atoms with van der Waals surface area (Å²) in [6, 6.07) is 4.44. The Labute approximate surface area is 119 Å². The van der Waals surface area contributed by atoms with Gasteiger partial charge in [0.2, 0.25) is 0 Å². The quantitative estimate of drug-likeness (QED) is 0.908. The second kappa shape index (κ2) is 5.83. The molecule has 108 valence electrons. The molecule has 0 spiro atoms. The van der Waals surface area contributed by atoms with Crippen LogP contribution in [0.25, 0.3) is 0 Å². The van der Waals surface area contributed by atoms with Gasteiger partial charge < -0.3 is 9.52 Å². The molecule has 1 aliphatic rings. The molecule has 0 saturated heterocycles. The van der Waals surface area contributed by atoms with Crippen molar-refractivity contribution < 1.29 is 9.52 Å². The highest BCUT2D eigenvalue weighted by Gasteiger charge is 2.19. The van der Waals surface area contributed by atoms with E-state index in [4.69, 9.17) is 4.42 Å². The van der Waals surface area contributed by atoms with Gasteiger partial charge in [-0.25, -0.2) is 0 Å². The molecule has 4 nitrogen and oxygen atoms in total. The predicted molar refractivity (Wildman–Crippen MR) is 76.5 cm³/mol. The van der Waals surface area contributed by atoms with E-state index in [1.54, 1.807) is 6.26 Å². The van der Waals surface area contributed by atoms with Gasteiger partial charge in [-0.1, -0.05) is 19.8 Å². The topological polar surface area (TPSA) is 51.2 Å². The molecular formula is C16H22N2O2. The minimum atomic E-state index is -0.532. The van der Waals surface area contributed by atoms with Gasteiger partial charge in [0, 0.05) is 24.6 Å². The average Bonchev–Trinajstić information content (AvgIpc) is 3.19. The molecule has 4 heteroatoms. The minimum Gasteiger partial charge on any atom is -0.469 e. The standard InChI is InChI=1S/C16H22N2O2/c1-2-16-14(8-10-20-16)15(19)11-12-7-9-18(17-12)13-5-3-4-6-13/h7-10,13,15,19H,2-6,11H2,1H3. The van der Waals surface area contributed by atoms with Crippen LogP contribution in [-0.2, 0) is 12.8 Å². The number of furan rings is 1. The molecular weight excluding hydrogens is 252 g/mol. The zero-order chi connectivity index (χ0) is 13.9. The van der Waals surface area contributed by atoms with E-state index >= 15 is 0 Å². The van der Waals surface area contributed by atoms with E-state index in [0.717, 1.165) is 23.4 Å². The molecule has 2 heterocycles. The van der Waals surface area contributed by atoms with Crippen LogP contribution in [0.1, 0.15) is 61.8 Å². The number of rotatable bonds is 5. The van der Waals surface area contributed by atoms with Crippen molar-refractivity contribution in [3.63, 3.8) is 0 Å². The van der Waals surface area contributed by atoms with E-state index in [9.17, 15) is 5.11 Å². The molecule has 2 aromatic rings. The van der Waals surface area contributed by atoms with E-state index in [1.807, 2.05) is 25.3 Å². The lowest BCUT2D eigenvalue weighted by Gasteiger charge is -2.10. The average molecular weight is 274 g/mol. The molecule has 0 bridgehead atoms. The lowest BCUT2D eigenvalue weighted by atomic mass is 10.0. The zero-order valence-corrected chi connectivity index (χ0v) is 12.0. The van der Waals surface area contributed by atoms with Crippen molar-refractivity contribution in [1.82, 2.24) is 9.78 Å². The fourth-order valence-corrected chi connectivity index (χ4v) is 3.10. The Kier molecular flexibility index (Phi) is 3.92. The number of aromatic nitrogens is 2. The van der Waals surface area contributed by atoms with Crippen LogP contribution in [0.4, 0.5) is 0 Å². The van der Waals surface area contributed by atoms with Gasteiger partial charge in [-0.3, -0.25) is 4.68 Å². The molecule has 1 saturated carbocycles. The van der Waals surface area contributed by atoms with Crippen molar-refractivity contribution in [2.24, 2.45) is 0 Å². The molecule has 0 radical (unpaired) electrons. The SMILES string of the molecule is CCc1occc1C(O)Cc1ccn(C2CCCC2)n1. The van der Waals surface area contributed by atoms with Gasteiger partial charge in [-0.05, 0) is 25.0 Å². The second-order valence-corrected chi connectivity index (χ2v) is 5.60. The minimum absolute atomic E-state index is 0.532. The summed E-state index contributed by atoms with van der Waals surface area (Å²) in [4.78, 5) is 0. The highest BCUT2D eigenvalue weighted by Crippen LogP contribution is 2.29. The maximum Gasteiger partial charge on any atom is 0.109 e. The first-order chi connectivity index (χ1) is 9.78. The maximum absolute atomic E-state index is 10.3. The van der Waals surface area contributed by atoms with E-state index in [-0.39, 0.29) is 0 Å². The fraction of sp³-hybridized carbons (Fsp3) is 0.562. The van der Waals surface area contributed by atoms with Crippen molar-refractivity contribution in [1.29, 1.82) is 0 Å². The van der Waals surface area contributed by atoms with Gasteiger partial charge in [-0.15, -0.1) is 0 Å². The molecule has 0 aliphatic heterocycles. The van der Waals surface area contributed by atoms with Crippen LogP contribution in [-0.4, -0.2) is 14.9 Å². The Bertz CT molecular complexity index is 552. The molecule has 2 aromatic heterocycles. The fourth-order valence-electron chi connectivity index (χ4n) is 3.10. The summed E-state index contributed by atoms with van der Waals surface area (Å²) >= 11 is 0. The third-order valence-electron chi connectivity index (χ3n) is 4.22. The number of aliphatic hydroxyl groups is 1. The summed E-state index contributed by atoms with van der Waals surface area (Å²) < 4.78 is 7.45. The third kappa shape index (κ3) is 2.66. The van der Waals surface area contributed by atoms with Crippen LogP contribution in [0, 0.1) is 0 Å². The van der Waals surface area contributed by atoms with E-state index in [0.29, 0.717) is 12.5 Å². The Hall–Kier alpha value is -1.55. The van der Waals surface area contributed by atoms with Crippen LogP contribution in [0.15, 0.2) is 29.0 Å². The van der Waals surface area contributed by atoms with Crippen molar-refractivity contribution in [2.45, 2.75) is 57.6 Å². The van der Waals surface area contributed by atoms with Gasteiger partial charge in [0.1, 0.15) is 5.76 Å². The van der Waals surface area contributed by atoms with Crippen molar-refractivity contribution in [3.8, 4) is 0 Å². The summed E-state index contributed by atoms with van der Waals surface area (Å²) in [6.07, 6.45) is 9.58.